The van der Waals surface area contributed by atoms with Crippen LogP contribution in [0, 0.1) is 0 Å². The second kappa shape index (κ2) is 30.4. The fourth-order valence-corrected chi connectivity index (χ4v) is 5.04. The van der Waals surface area contributed by atoms with Crippen molar-refractivity contribution in [2.45, 2.75) is 200 Å². The number of rotatable bonds is 30. The number of ether oxygens (including phenoxy) is 1. The van der Waals surface area contributed by atoms with Crippen LogP contribution in [0.25, 0.3) is 0 Å². The van der Waals surface area contributed by atoms with Gasteiger partial charge >= 0.3 is 5.97 Å². The van der Waals surface area contributed by atoms with E-state index in [0.29, 0.717) is 6.42 Å². The molecule has 1 atom stereocenters. The fraction of sp³-hybridized carbons (Fsp3) is 0.939. The molecule has 0 heterocycles. The standard InChI is InChI=1S/C33H63O3/c1-3-5-7-9-11-13-15-16-17-18-19-21-23-25-27-29-33(35)36-32(30-31-34)28-26-24-22-20-14-12-10-8-6-4-2/h32H,3-30H2,1-2H3. The van der Waals surface area contributed by atoms with Crippen LogP contribution >= 0.6 is 0 Å². The van der Waals surface area contributed by atoms with Gasteiger partial charge in [0.25, 0.3) is 0 Å². The van der Waals surface area contributed by atoms with Gasteiger partial charge in [0.1, 0.15) is 6.10 Å². The summed E-state index contributed by atoms with van der Waals surface area (Å²) in [6.07, 6.45) is 35.9. The maximum atomic E-state index is 12.2. The summed E-state index contributed by atoms with van der Waals surface area (Å²) in [6.45, 7) is 4.54. The van der Waals surface area contributed by atoms with E-state index in [2.05, 4.69) is 13.8 Å². The topological polar surface area (TPSA) is 43.4 Å². The molecule has 0 aromatic carbocycles. The lowest BCUT2D eigenvalue weighted by atomic mass is 10.0. The Kier molecular flexibility index (Phi) is 29.6. The minimum atomic E-state index is -0.264. The van der Waals surface area contributed by atoms with Crippen LogP contribution in [-0.2, 0) is 14.3 Å². The van der Waals surface area contributed by atoms with E-state index >= 15 is 0 Å². The Morgan fingerprint density at radius 1 is 0.528 bits per heavy atom. The van der Waals surface area contributed by atoms with Crippen molar-refractivity contribution in [3.8, 4) is 0 Å². The molecular formula is C33H63O3. The van der Waals surface area contributed by atoms with E-state index in [4.69, 9.17) is 4.74 Å². The Balaban J connectivity index is 3.51. The van der Waals surface area contributed by atoms with E-state index in [0.717, 1.165) is 25.7 Å². The van der Waals surface area contributed by atoms with Gasteiger partial charge in [-0.15, -0.1) is 0 Å². The second-order valence-corrected chi connectivity index (χ2v) is 11.1. The molecule has 0 amide bonds. The van der Waals surface area contributed by atoms with Gasteiger partial charge in [-0.3, -0.25) is 9.59 Å². The van der Waals surface area contributed by atoms with Gasteiger partial charge in [-0.1, -0.05) is 162 Å². The first-order valence-corrected chi connectivity index (χ1v) is 16.3. The largest absolute Gasteiger partial charge is 0.462 e. The van der Waals surface area contributed by atoms with Gasteiger partial charge < -0.3 is 4.74 Å². The molecule has 0 aliphatic carbocycles. The molecule has 0 bridgehead atoms. The normalized spacial score (nSPS) is 12.1. The third-order valence-electron chi connectivity index (χ3n) is 7.47. The molecule has 0 N–H and O–H groups in total. The van der Waals surface area contributed by atoms with Crippen LogP contribution in [0.15, 0.2) is 0 Å². The monoisotopic (exact) mass is 507 g/mol. The highest BCUT2D eigenvalue weighted by molar-refractivity contribution is 5.69. The molecule has 0 aromatic heterocycles. The van der Waals surface area contributed by atoms with Crippen molar-refractivity contribution in [3.63, 3.8) is 0 Å². The number of carbonyl (C=O) groups excluding carboxylic acids is 2. The maximum absolute atomic E-state index is 12.2. The highest BCUT2D eigenvalue weighted by Gasteiger charge is 2.14. The van der Waals surface area contributed by atoms with Crippen LogP contribution in [0.2, 0.25) is 0 Å². The van der Waals surface area contributed by atoms with Gasteiger partial charge in [-0.2, -0.15) is 0 Å². The molecule has 1 radical (unpaired) electrons. The highest BCUT2D eigenvalue weighted by Crippen LogP contribution is 2.16. The van der Waals surface area contributed by atoms with Crippen LogP contribution < -0.4 is 0 Å². The predicted octanol–water partition coefficient (Wildman–Crippen LogP) is 11.0. The van der Waals surface area contributed by atoms with Crippen LogP contribution in [0.4, 0.5) is 0 Å². The number of carbonyl (C=O) groups is 1. The average molecular weight is 508 g/mol. The molecule has 3 heteroatoms. The summed E-state index contributed by atoms with van der Waals surface area (Å²) in [5.41, 5.74) is 0. The predicted molar refractivity (Wildman–Crippen MR) is 156 cm³/mol. The molecule has 0 aliphatic rings. The van der Waals surface area contributed by atoms with Gasteiger partial charge in [0.15, 0.2) is 0 Å². The summed E-state index contributed by atoms with van der Waals surface area (Å²) in [5, 5.41) is 0. The van der Waals surface area contributed by atoms with Gasteiger partial charge in [0.2, 0.25) is 6.29 Å². The summed E-state index contributed by atoms with van der Waals surface area (Å²) in [5.74, 6) is -0.128. The van der Waals surface area contributed by atoms with Crippen molar-refractivity contribution in [1.82, 2.24) is 0 Å². The molecule has 3 nitrogen and oxygen atoms in total. The Bertz CT molecular complexity index is 448. The van der Waals surface area contributed by atoms with Crippen LogP contribution in [0.3, 0.4) is 0 Å². The molecule has 213 valence electrons. The molecule has 0 saturated carbocycles. The van der Waals surface area contributed by atoms with Crippen molar-refractivity contribution in [1.29, 1.82) is 0 Å². The molecular weight excluding hydrogens is 444 g/mol. The van der Waals surface area contributed by atoms with Crippen LogP contribution in [-0.4, -0.2) is 18.4 Å². The quantitative estimate of drug-likeness (QED) is 0.0717. The van der Waals surface area contributed by atoms with E-state index < -0.39 is 0 Å². The van der Waals surface area contributed by atoms with E-state index in [1.807, 2.05) is 6.29 Å². The van der Waals surface area contributed by atoms with Gasteiger partial charge in [0.05, 0.1) is 6.42 Å². The minimum Gasteiger partial charge on any atom is -0.462 e. The van der Waals surface area contributed by atoms with Crippen LogP contribution in [0.1, 0.15) is 194 Å². The Labute approximate surface area is 226 Å². The molecule has 0 aliphatic heterocycles. The first kappa shape index (κ1) is 35.1. The summed E-state index contributed by atoms with van der Waals surface area (Å²) in [7, 11) is 0. The number of unbranched alkanes of at least 4 members (excludes halogenated alkanes) is 23. The lowest BCUT2D eigenvalue weighted by molar-refractivity contribution is -0.149. The maximum Gasteiger partial charge on any atom is 0.306 e. The highest BCUT2D eigenvalue weighted by atomic mass is 16.5. The van der Waals surface area contributed by atoms with Crippen molar-refractivity contribution in [2.75, 3.05) is 0 Å². The first-order valence-electron chi connectivity index (χ1n) is 16.3. The first-order chi connectivity index (χ1) is 17.7. The molecule has 0 spiro atoms. The van der Waals surface area contributed by atoms with Crippen molar-refractivity contribution in [3.05, 3.63) is 0 Å². The Morgan fingerprint density at radius 3 is 1.22 bits per heavy atom. The van der Waals surface area contributed by atoms with E-state index in [1.54, 1.807) is 0 Å². The lowest BCUT2D eigenvalue weighted by Gasteiger charge is -2.15. The molecule has 1 unspecified atom stereocenters. The number of esters is 1. The average Bonchev–Trinajstić information content (AvgIpc) is 2.87. The second-order valence-electron chi connectivity index (χ2n) is 11.1. The van der Waals surface area contributed by atoms with E-state index in [9.17, 15) is 9.59 Å². The zero-order valence-corrected chi connectivity index (χ0v) is 24.6. The number of hydrogen-bond donors (Lipinski definition) is 0. The Hall–Kier alpha value is -0.860. The lowest BCUT2D eigenvalue weighted by Crippen LogP contribution is -2.18. The van der Waals surface area contributed by atoms with Gasteiger partial charge in [-0.25, -0.2) is 0 Å². The summed E-state index contributed by atoms with van der Waals surface area (Å²) < 4.78 is 5.59. The van der Waals surface area contributed by atoms with Crippen molar-refractivity contribution >= 4 is 12.3 Å². The van der Waals surface area contributed by atoms with E-state index in [-0.39, 0.29) is 18.5 Å². The van der Waals surface area contributed by atoms with Crippen molar-refractivity contribution < 1.29 is 14.3 Å². The Morgan fingerprint density at radius 2 is 0.861 bits per heavy atom. The SMILES string of the molecule is CCCCCCCCCCCCCCCCCC(=O)OC(C[C]=O)CCCCCCCCCCCC. The fourth-order valence-electron chi connectivity index (χ4n) is 5.04. The minimum absolute atomic E-state index is 0.128. The van der Waals surface area contributed by atoms with Crippen LogP contribution in [0.5, 0.6) is 0 Å². The third kappa shape index (κ3) is 27.7. The van der Waals surface area contributed by atoms with Gasteiger partial charge in [0, 0.05) is 6.42 Å². The smallest absolute Gasteiger partial charge is 0.306 e. The van der Waals surface area contributed by atoms with Crippen molar-refractivity contribution in [2.24, 2.45) is 0 Å². The van der Waals surface area contributed by atoms with E-state index in [1.165, 1.54) is 141 Å². The number of hydrogen-bond acceptors (Lipinski definition) is 3. The molecule has 0 saturated heterocycles. The summed E-state index contributed by atoms with van der Waals surface area (Å²) >= 11 is 0. The summed E-state index contributed by atoms with van der Waals surface area (Å²) in [4.78, 5) is 23.1. The zero-order valence-electron chi connectivity index (χ0n) is 24.6. The zero-order chi connectivity index (χ0) is 26.4. The summed E-state index contributed by atoms with van der Waals surface area (Å²) in [6, 6.07) is 0. The molecule has 0 aromatic rings. The van der Waals surface area contributed by atoms with Gasteiger partial charge in [-0.05, 0) is 19.3 Å². The third-order valence-corrected chi connectivity index (χ3v) is 7.47. The molecule has 36 heavy (non-hydrogen) atoms. The molecule has 0 rings (SSSR count). The molecule has 0 fully saturated rings.